The van der Waals surface area contributed by atoms with Gasteiger partial charge >= 0.3 is 0 Å². The van der Waals surface area contributed by atoms with Crippen molar-refractivity contribution in [3.05, 3.63) is 46.8 Å². The summed E-state index contributed by atoms with van der Waals surface area (Å²) in [6.07, 6.45) is 2.49. The van der Waals surface area contributed by atoms with Crippen LogP contribution in [0.4, 0.5) is 5.69 Å². The summed E-state index contributed by atoms with van der Waals surface area (Å²) in [5.41, 5.74) is 5.70. The molecule has 30 heavy (non-hydrogen) atoms. The third-order valence-electron chi connectivity index (χ3n) is 5.56. The molecule has 1 fully saturated rings. The summed E-state index contributed by atoms with van der Waals surface area (Å²) in [5.74, 6) is 0.990. The SMILES string of the molecule is CN=C(NCc1ccc(N2CCCC2=O)cc1)NC(C)Cc1c(C)nn(C)c1C.I. The minimum absolute atomic E-state index is 0. The molecule has 2 aromatic rings. The van der Waals surface area contributed by atoms with Crippen molar-refractivity contribution in [1.82, 2.24) is 20.4 Å². The van der Waals surface area contributed by atoms with Crippen LogP contribution in [0.1, 0.15) is 42.3 Å². The summed E-state index contributed by atoms with van der Waals surface area (Å²) in [6, 6.07) is 8.39. The van der Waals surface area contributed by atoms with Crippen molar-refractivity contribution in [2.45, 2.75) is 52.6 Å². The van der Waals surface area contributed by atoms with Crippen molar-refractivity contribution in [2.75, 3.05) is 18.5 Å². The van der Waals surface area contributed by atoms with Crippen molar-refractivity contribution in [3.63, 3.8) is 0 Å². The van der Waals surface area contributed by atoms with Crippen LogP contribution >= 0.6 is 24.0 Å². The number of aliphatic imine (C=N–C) groups is 1. The highest BCUT2D eigenvalue weighted by atomic mass is 127. The highest BCUT2D eigenvalue weighted by Gasteiger charge is 2.21. The number of halogens is 1. The van der Waals surface area contributed by atoms with E-state index in [0.29, 0.717) is 13.0 Å². The molecule has 1 unspecified atom stereocenters. The van der Waals surface area contributed by atoms with Crippen molar-refractivity contribution >= 4 is 41.5 Å². The first kappa shape index (κ1) is 24.2. The summed E-state index contributed by atoms with van der Waals surface area (Å²) in [7, 11) is 3.76. The molecule has 2 N–H and O–H groups in total. The molecule has 1 aliphatic heterocycles. The van der Waals surface area contributed by atoms with Crippen LogP contribution in [0.15, 0.2) is 29.3 Å². The predicted molar refractivity (Wildman–Crippen MR) is 133 cm³/mol. The Labute approximate surface area is 196 Å². The molecule has 1 aliphatic rings. The van der Waals surface area contributed by atoms with Gasteiger partial charge in [-0.3, -0.25) is 14.5 Å². The maximum atomic E-state index is 11.9. The van der Waals surface area contributed by atoms with Crippen LogP contribution in [-0.4, -0.2) is 41.3 Å². The molecule has 8 heteroatoms. The van der Waals surface area contributed by atoms with Gasteiger partial charge in [0.2, 0.25) is 5.91 Å². The number of carbonyl (C=O) groups excluding carboxylic acids is 1. The molecule has 0 radical (unpaired) electrons. The number of amides is 1. The average molecular weight is 524 g/mol. The summed E-state index contributed by atoms with van der Waals surface area (Å²) < 4.78 is 1.93. The van der Waals surface area contributed by atoms with E-state index >= 15 is 0 Å². The monoisotopic (exact) mass is 524 g/mol. The Morgan fingerprint density at radius 3 is 2.50 bits per heavy atom. The summed E-state index contributed by atoms with van der Waals surface area (Å²) in [4.78, 5) is 18.1. The first-order valence-corrected chi connectivity index (χ1v) is 10.2. The quantitative estimate of drug-likeness (QED) is 0.346. The average Bonchev–Trinajstić information content (AvgIpc) is 3.23. The first-order valence-electron chi connectivity index (χ1n) is 10.2. The van der Waals surface area contributed by atoms with E-state index in [2.05, 4.69) is 53.6 Å². The van der Waals surface area contributed by atoms with Crippen molar-refractivity contribution in [2.24, 2.45) is 12.0 Å². The molecule has 1 saturated heterocycles. The Morgan fingerprint density at radius 1 is 1.27 bits per heavy atom. The smallest absolute Gasteiger partial charge is 0.227 e. The Morgan fingerprint density at radius 2 is 1.97 bits per heavy atom. The Hall–Kier alpha value is -2.10. The van der Waals surface area contributed by atoms with Crippen molar-refractivity contribution in [3.8, 4) is 0 Å². The van der Waals surface area contributed by atoms with E-state index in [9.17, 15) is 4.79 Å². The van der Waals surface area contributed by atoms with E-state index in [1.807, 2.05) is 28.8 Å². The number of aryl methyl sites for hydroxylation is 2. The molecule has 0 spiro atoms. The molecule has 1 atom stereocenters. The summed E-state index contributed by atoms with van der Waals surface area (Å²) in [5, 5.41) is 11.3. The molecule has 0 bridgehead atoms. The van der Waals surface area contributed by atoms with Gasteiger partial charge in [-0.15, -0.1) is 24.0 Å². The molecular formula is C22H33IN6O. The zero-order valence-corrected chi connectivity index (χ0v) is 20.9. The minimum atomic E-state index is 0. The largest absolute Gasteiger partial charge is 0.354 e. The molecular weight excluding hydrogens is 491 g/mol. The van der Waals surface area contributed by atoms with Crippen LogP contribution in [0.5, 0.6) is 0 Å². The van der Waals surface area contributed by atoms with E-state index in [1.165, 1.54) is 11.3 Å². The molecule has 7 nitrogen and oxygen atoms in total. The van der Waals surface area contributed by atoms with Gasteiger partial charge in [-0.2, -0.15) is 5.10 Å². The fourth-order valence-corrected chi connectivity index (χ4v) is 3.80. The van der Waals surface area contributed by atoms with Gasteiger partial charge in [-0.05, 0) is 56.9 Å². The molecule has 1 aromatic heterocycles. The van der Waals surface area contributed by atoms with Gasteiger partial charge in [0.05, 0.1) is 5.69 Å². The summed E-state index contributed by atoms with van der Waals surface area (Å²) >= 11 is 0. The van der Waals surface area contributed by atoms with Crippen LogP contribution in [0.2, 0.25) is 0 Å². The third-order valence-corrected chi connectivity index (χ3v) is 5.56. The van der Waals surface area contributed by atoms with E-state index in [0.717, 1.165) is 42.3 Å². The number of hydrogen-bond acceptors (Lipinski definition) is 3. The van der Waals surface area contributed by atoms with Crippen LogP contribution in [0.25, 0.3) is 0 Å². The van der Waals surface area contributed by atoms with Gasteiger partial charge < -0.3 is 15.5 Å². The molecule has 0 saturated carbocycles. The normalized spacial score (nSPS) is 15.2. The number of rotatable bonds is 6. The third kappa shape index (κ3) is 5.74. The standard InChI is InChI=1S/C22H32N6O.HI/c1-15(13-20-16(2)26-27(5)17(20)3)25-22(23-4)24-14-18-8-10-19(11-9-18)28-12-6-7-21(28)29;/h8-11,15H,6-7,12-14H2,1-5H3,(H2,23,24,25);1H. The maximum Gasteiger partial charge on any atom is 0.227 e. The van der Waals surface area contributed by atoms with E-state index < -0.39 is 0 Å². The molecule has 1 aromatic carbocycles. The molecule has 3 rings (SSSR count). The topological polar surface area (TPSA) is 74.6 Å². The van der Waals surface area contributed by atoms with Gasteiger partial charge in [0.1, 0.15) is 0 Å². The van der Waals surface area contributed by atoms with Crippen LogP contribution < -0.4 is 15.5 Å². The van der Waals surface area contributed by atoms with Crippen LogP contribution in [0.3, 0.4) is 0 Å². The number of nitrogens with zero attached hydrogens (tertiary/aromatic N) is 4. The lowest BCUT2D eigenvalue weighted by Crippen LogP contribution is -2.42. The lowest BCUT2D eigenvalue weighted by atomic mass is 10.1. The lowest BCUT2D eigenvalue weighted by Gasteiger charge is -2.19. The van der Waals surface area contributed by atoms with Crippen molar-refractivity contribution in [1.29, 1.82) is 0 Å². The molecule has 164 valence electrons. The number of guanidine groups is 1. The fraction of sp³-hybridized carbons (Fsp3) is 0.500. The number of aromatic nitrogens is 2. The number of hydrogen-bond donors (Lipinski definition) is 2. The zero-order valence-electron chi connectivity index (χ0n) is 18.5. The highest BCUT2D eigenvalue weighted by Crippen LogP contribution is 2.21. The Balaban J connectivity index is 0.00000320. The van der Waals surface area contributed by atoms with E-state index in [1.54, 1.807) is 7.05 Å². The van der Waals surface area contributed by atoms with Gasteiger partial charge in [-0.25, -0.2) is 0 Å². The van der Waals surface area contributed by atoms with Gasteiger partial charge in [0.15, 0.2) is 5.96 Å². The molecule has 1 amide bonds. The Bertz CT molecular complexity index is 890. The second-order valence-corrected chi connectivity index (χ2v) is 7.76. The van der Waals surface area contributed by atoms with Crippen LogP contribution in [-0.2, 0) is 24.8 Å². The second-order valence-electron chi connectivity index (χ2n) is 7.76. The number of anilines is 1. The van der Waals surface area contributed by atoms with E-state index in [-0.39, 0.29) is 35.9 Å². The van der Waals surface area contributed by atoms with Crippen molar-refractivity contribution < 1.29 is 4.79 Å². The second kappa shape index (κ2) is 10.8. The first-order chi connectivity index (χ1) is 13.9. The lowest BCUT2D eigenvalue weighted by molar-refractivity contribution is -0.117. The number of carbonyl (C=O) groups is 1. The highest BCUT2D eigenvalue weighted by molar-refractivity contribution is 14.0. The van der Waals surface area contributed by atoms with E-state index in [4.69, 9.17) is 0 Å². The number of nitrogens with one attached hydrogen (secondary N) is 2. The van der Waals surface area contributed by atoms with Gasteiger partial charge in [0.25, 0.3) is 0 Å². The Kier molecular flexibility index (Phi) is 8.69. The molecule has 2 heterocycles. The predicted octanol–water partition coefficient (Wildman–Crippen LogP) is 3.08. The summed E-state index contributed by atoms with van der Waals surface area (Å²) in [6.45, 7) is 7.81. The van der Waals surface area contributed by atoms with Gasteiger partial charge in [0, 0.05) is 51.0 Å². The molecule has 0 aliphatic carbocycles. The minimum Gasteiger partial charge on any atom is -0.354 e. The zero-order chi connectivity index (χ0) is 21.0. The van der Waals surface area contributed by atoms with Gasteiger partial charge in [-0.1, -0.05) is 12.1 Å². The van der Waals surface area contributed by atoms with Crippen LogP contribution in [0, 0.1) is 13.8 Å². The number of benzene rings is 1. The maximum absolute atomic E-state index is 11.9. The fourth-order valence-electron chi connectivity index (χ4n) is 3.80.